The number of fused-ring (bicyclic) bond motifs is 1. The lowest BCUT2D eigenvalue weighted by atomic mass is 9.95. The van der Waals surface area contributed by atoms with Crippen LogP contribution >= 0.6 is 22.9 Å². The number of thiazole rings is 1. The Bertz CT molecular complexity index is 2160. The number of non-ortho nitro benzene ring substituents is 1. The third-order valence-electron chi connectivity index (χ3n) is 6.50. The quantitative estimate of drug-likeness (QED) is 0.112. The number of hydrogen-bond acceptors (Lipinski definition) is 10. The molecule has 5 rings (SSSR count). The predicted octanol–water partition coefficient (Wildman–Crippen LogP) is 4.67. The molecule has 3 aromatic carbocycles. The number of allylic oxidation sites excluding steroid dienone is 1. The molecule has 0 N–H and O–H groups in total. The second-order valence-corrected chi connectivity index (χ2v) is 12.5. The van der Waals surface area contributed by atoms with Gasteiger partial charge in [-0.25, -0.2) is 9.79 Å². The van der Waals surface area contributed by atoms with E-state index in [1.54, 1.807) is 0 Å². The van der Waals surface area contributed by atoms with Crippen LogP contribution in [0.2, 0.25) is 5.02 Å². The minimum Gasteiger partial charge on any atom is -0.463 e. The highest BCUT2D eigenvalue weighted by atomic mass is 35.5. The van der Waals surface area contributed by atoms with Crippen molar-refractivity contribution in [2.45, 2.75) is 24.0 Å². The first kappa shape index (κ1) is 32.6. The van der Waals surface area contributed by atoms with Crippen molar-refractivity contribution < 1.29 is 40.2 Å². The van der Waals surface area contributed by atoms with E-state index in [1.165, 1.54) is 61.5 Å². The largest absolute Gasteiger partial charge is 0.463 e. The standard InChI is InChI=1S/C29H19ClF3N3O8S2/c1-2-43-27(38)23-24(17-5-7-18(30)8-6-17)35-26(37)22(45-28(35)34-25(23)29(31,32)33)15-16-3-11-20(12-4-16)44-46(41,42)21-13-9-19(10-14-21)36(39)40/h3-15,24H,2H2,1H3/b22-15-/t24-/m1/s1. The number of aromatic nitrogens is 1. The van der Waals surface area contributed by atoms with E-state index in [-0.39, 0.29) is 42.9 Å². The second-order valence-electron chi connectivity index (χ2n) is 9.47. The predicted molar refractivity (Wildman–Crippen MR) is 160 cm³/mol. The molecule has 0 amide bonds. The lowest BCUT2D eigenvalue weighted by Gasteiger charge is -2.26. The molecule has 0 radical (unpaired) electrons. The fraction of sp³-hybridized carbons (Fsp3) is 0.138. The fourth-order valence-corrected chi connectivity index (χ4v) is 6.54. The number of rotatable bonds is 8. The third-order valence-corrected chi connectivity index (χ3v) is 9.00. The number of ether oxygens (including phenoxy) is 1. The summed E-state index contributed by atoms with van der Waals surface area (Å²) in [6.07, 6.45) is -3.70. The summed E-state index contributed by atoms with van der Waals surface area (Å²) in [5.41, 5.74) is -2.88. The van der Waals surface area contributed by atoms with E-state index in [0.717, 1.165) is 28.8 Å². The van der Waals surface area contributed by atoms with Crippen LogP contribution in [-0.4, -0.2) is 36.7 Å². The van der Waals surface area contributed by atoms with Crippen LogP contribution in [-0.2, 0) is 19.6 Å². The molecule has 46 heavy (non-hydrogen) atoms. The number of nitrogens with zero attached hydrogens (tertiary/aromatic N) is 3. The number of nitro benzene ring substituents is 1. The van der Waals surface area contributed by atoms with Crippen LogP contribution in [0.4, 0.5) is 18.9 Å². The summed E-state index contributed by atoms with van der Waals surface area (Å²) < 4.78 is 79.0. The first-order chi connectivity index (χ1) is 21.7. The number of carbonyl (C=O) groups is 1. The van der Waals surface area contributed by atoms with Crippen LogP contribution in [0.5, 0.6) is 5.75 Å². The Kier molecular flexibility index (Phi) is 8.88. The minimum atomic E-state index is -5.06. The average molecular weight is 694 g/mol. The molecular formula is C29H19ClF3N3O8S2. The molecule has 0 saturated carbocycles. The molecule has 238 valence electrons. The summed E-state index contributed by atoms with van der Waals surface area (Å²) in [6.45, 7) is 1.21. The van der Waals surface area contributed by atoms with E-state index in [0.29, 0.717) is 16.9 Å². The highest BCUT2D eigenvalue weighted by Crippen LogP contribution is 2.38. The Balaban J connectivity index is 1.55. The molecule has 1 aromatic heterocycles. The van der Waals surface area contributed by atoms with Crippen molar-refractivity contribution in [3.05, 3.63) is 130 Å². The molecule has 0 saturated heterocycles. The number of alkyl halides is 3. The van der Waals surface area contributed by atoms with Crippen LogP contribution in [0.1, 0.15) is 24.1 Å². The first-order valence-electron chi connectivity index (χ1n) is 13.0. The molecule has 0 spiro atoms. The molecule has 1 atom stereocenters. The number of benzene rings is 3. The van der Waals surface area contributed by atoms with Gasteiger partial charge in [0.25, 0.3) is 11.2 Å². The summed E-state index contributed by atoms with van der Waals surface area (Å²) in [5.74, 6) is -1.40. The molecule has 0 fully saturated rings. The Morgan fingerprint density at radius 2 is 1.72 bits per heavy atom. The SMILES string of the molecule is CCOC(=O)C1=C(C(F)(F)F)N=c2s/c(=C\c3ccc(OS(=O)(=O)c4ccc([N+](=O)[O-])cc4)cc3)c(=O)n2[C@@H]1c1ccc(Cl)cc1. The van der Waals surface area contributed by atoms with E-state index in [2.05, 4.69) is 4.99 Å². The van der Waals surface area contributed by atoms with Gasteiger partial charge in [-0.05, 0) is 60.5 Å². The van der Waals surface area contributed by atoms with Gasteiger partial charge in [0.15, 0.2) is 10.5 Å². The van der Waals surface area contributed by atoms with Gasteiger partial charge in [-0.15, -0.1) is 0 Å². The van der Waals surface area contributed by atoms with Gasteiger partial charge in [0.05, 0.1) is 27.7 Å². The Hall–Kier alpha value is -4.80. The van der Waals surface area contributed by atoms with Gasteiger partial charge in [-0.2, -0.15) is 21.6 Å². The van der Waals surface area contributed by atoms with Gasteiger partial charge in [0, 0.05) is 17.2 Å². The zero-order chi connectivity index (χ0) is 33.4. The molecule has 4 aromatic rings. The van der Waals surface area contributed by atoms with Gasteiger partial charge in [-0.1, -0.05) is 47.2 Å². The molecule has 1 aliphatic rings. The van der Waals surface area contributed by atoms with E-state index in [4.69, 9.17) is 20.5 Å². The Morgan fingerprint density at radius 3 is 2.28 bits per heavy atom. The summed E-state index contributed by atoms with van der Waals surface area (Å²) in [7, 11) is -4.34. The molecule has 0 bridgehead atoms. The Labute approximate surface area is 266 Å². The molecule has 1 aliphatic heterocycles. The number of hydrogen-bond donors (Lipinski definition) is 0. The maximum atomic E-state index is 14.3. The topological polar surface area (TPSA) is 147 Å². The van der Waals surface area contributed by atoms with Crippen molar-refractivity contribution in [3.63, 3.8) is 0 Å². The second kappa shape index (κ2) is 12.5. The van der Waals surface area contributed by atoms with E-state index < -0.39 is 50.1 Å². The lowest BCUT2D eigenvalue weighted by molar-refractivity contribution is -0.384. The summed E-state index contributed by atoms with van der Waals surface area (Å²) in [6, 6.07) is 13.5. The van der Waals surface area contributed by atoms with Crippen LogP contribution in [0, 0.1) is 10.1 Å². The molecule has 0 aliphatic carbocycles. The number of halogens is 4. The van der Waals surface area contributed by atoms with Gasteiger partial charge >= 0.3 is 22.3 Å². The highest BCUT2D eigenvalue weighted by Gasteiger charge is 2.45. The van der Waals surface area contributed by atoms with Crippen molar-refractivity contribution in [3.8, 4) is 5.75 Å². The molecule has 11 nitrogen and oxygen atoms in total. The summed E-state index contributed by atoms with van der Waals surface area (Å²) in [4.78, 5) is 39.8. The van der Waals surface area contributed by atoms with Crippen LogP contribution in [0.3, 0.4) is 0 Å². The number of esters is 1. The van der Waals surface area contributed by atoms with Crippen LogP contribution in [0.25, 0.3) is 6.08 Å². The van der Waals surface area contributed by atoms with Gasteiger partial charge in [0.2, 0.25) is 0 Å². The smallest absolute Gasteiger partial charge is 0.434 e. The van der Waals surface area contributed by atoms with E-state index >= 15 is 0 Å². The Morgan fingerprint density at radius 1 is 1.09 bits per heavy atom. The first-order valence-corrected chi connectivity index (χ1v) is 15.6. The lowest BCUT2D eigenvalue weighted by Crippen LogP contribution is -2.41. The van der Waals surface area contributed by atoms with Crippen molar-refractivity contribution in [1.82, 2.24) is 4.57 Å². The summed E-state index contributed by atoms with van der Waals surface area (Å²) >= 11 is 6.64. The maximum Gasteiger partial charge on any atom is 0.434 e. The van der Waals surface area contributed by atoms with E-state index in [9.17, 15) is 41.3 Å². The van der Waals surface area contributed by atoms with Gasteiger partial charge in [-0.3, -0.25) is 19.5 Å². The zero-order valence-corrected chi connectivity index (χ0v) is 25.6. The van der Waals surface area contributed by atoms with Crippen LogP contribution < -0.4 is 19.1 Å². The van der Waals surface area contributed by atoms with Crippen LogP contribution in [0.15, 0.2) is 98.7 Å². The van der Waals surface area contributed by atoms with E-state index in [1.807, 2.05) is 0 Å². The molecule has 0 unspecified atom stereocenters. The normalized spacial score (nSPS) is 15.2. The van der Waals surface area contributed by atoms with Crippen molar-refractivity contribution in [2.24, 2.45) is 4.99 Å². The third kappa shape index (κ3) is 6.59. The number of nitro groups is 1. The summed E-state index contributed by atoms with van der Waals surface area (Å²) in [5, 5.41) is 11.1. The maximum absolute atomic E-state index is 14.3. The average Bonchev–Trinajstić information content (AvgIpc) is 3.31. The zero-order valence-electron chi connectivity index (χ0n) is 23.2. The van der Waals surface area contributed by atoms with Crippen molar-refractivity contribution in [2.75, 3.05) is 6.61 Å². The minimum absolute atomic E-state index is 0.0310. The number of carbonyl (C=O) groups excluding carboxylic acids is 1. The molecule has 2 heterocycles. The molecule has 17 heteroatoms. The van der Waals surface area contributed by atoms with Crippen molar-refractivity contribution in [1.29, 1.82) is 0 Å². The van der Waals surface area contributed by atoms with Gasteiger partial charge in [0.1, 0.15) is 10.6 Å². The fourth-order valence-electron chi connectivity index (χ4n) is 4.48. The monoisotopic (exact) mass is 693 g/mol. The van der Waals surface area contributed by atoms with Gasteiger partial charge < -0.3 is 8.92 Å². The molecular weight excluding hydrogens is 675 g/mol. The highest BCUT2D eigenvalue weighted by molar-refractivity contribution is 7.87. The van der Waals surface area contributed by atoms with Crippen molar-refractivity contribution >= 4 is 50.8 Å².